The largest absolute Gasteiger partial charge is 0.326 e. The summed E-state index contributed by atoms with van der Waals surface area (Å²) in [4.78, 5) is 4.75. The van der Waals surface area contributed by atoms with Gasteiger partial charge in [0, 0.05) is 27.5 Å². The second-order valence-corrected chi connectivity index (χ2v) is 6.63. The molecule has 0 unspecified atom stereocenters. The molecule has 0 fully saturated rings. The van der Waals surface area contributed by atoms with Gasteiger partial charge in [0.2, 0.25) is 0 Å². The molecular formula is C17H15BrN2S. The number of nitrogens with two attached hydrogens (primary N) is 1. The monoisotopic (exact) mass is 358 g/mol. The normalized spacial score (nSPS) is 10.8. The molecule has 2 aromatic carbocycles. The summed E-state index contributed by atoms with van der Waals surface area (Å²) in [5.74, 6) is 0. The van der Waals surface area contributed by atoms with Crippen LogP contribution in [0.2, 0.25) is 0 Å². The number of hydrogen-bond donors (Lipinski definition) is 1. The Morgan fingerprint density at radius 2 is 1.90 bits per heavy atom. The van der Waals surface area contributed by atoms with Crippen LogP contribution in [0.25, 0.3) is 21.8 Å². The summed E-state index contributed by atoms with van der Waals surface area (Å²) < 4.78 is 1.09. The summed E-state index contributed by atoms with van der Waals surface area (Å²) >= 11 is 5.28. The van der Waals surface area contributed by atoms with Gasteiger partial charge in [-0.3, -0.25) is 0 Å². The summed E-state index contributed by atoms with van der Waals surface area (Å²) in [5.41, 5.74) is 11.3. The highest BCUT2D eigenvalue weighted by Crippen LogP contribution is 2.33. The van der Waals surface area contributed by atoms with Gasteiger partial charge in [-0.2, -0.15) is 0 Å². The van der Waals surface area contributed by atoms with E-state index < -0.39 is 0 Å². The first-order chi connectivity index (χ1) is 10.2. The van der Waals surface area contributed by atoms with E-state index in [9.17, 15) is 0 Å². The van der Waals surface area contributed by atoms with Crippen LogP contribution in [-0.2, 0) is 6.54 Å². The number of halogens is 1. The third kappa shape index (κ3) is 3.07. The highest BCUT2D eigenvalue weighted by molar-refractivity contribution is 9.10. The Kier molecular flexibility index (Phi) is 4.19. The number of aromatic nitrogens is 1. The van der Waals surface area contributed by atoms with E-state index in [4.69, 9.17) is 10.7 Å². The Morgan fingerprint density at radius 3 is 2.57 bits per heavy atom. The number of rotatable bonds is 3. The Balaban J connectivity index is 1.95. The fraction of sp³-hybridized carbons (Fsp3) is 0.118. The van der Waals surface area contributed by atoms with Gasteiger partial charge in [-0.25, -0.2) is 4.98 Å². The predicted molar refractivity (Wildman–Crippen MR) is 93.3 cm³/mol. The molecule has 3 aromatic rings. The summed E-state index contributed by atoms with van der Waals surface area (Å²) in [6, 6.07) is 14.6. The molecule has 0 amide bonds. The predicted octanol–water partition coefficient (Wildman–Crippen LogP) is 5.01. The first-order valence-electron chi connectivity index (χ1n) is 6.69. The van der Waals surface area contributed by atoms with E-state index in [1.165, 1.54) is 5.56 Å². The molecular weight excluding hydrogens is 344 g/mol. The van der Waals surface area contributed by atoms with Crippen LogP contribution in [-0.4, -0.2) is 4.98 Å². The average molecular weight is 359 g/mol. The molecule has 106 valence electrons. The maximum absolute atomic E-state index is 5.63. The van der Waals surface area contributed by atoms with Crippen LogP contribution in [0.5, 0.6) is 0 Å². The van der Waals surface area contributed by atoms with Crippen molar-refractivity contribution >= 4 is 27.3 Å². The van der Waals surface area contributed by atoms with Crippen molar-refractivity contribution < 1.29 is 0 Å². The van der Waals surface area contributed by atoms with E-state index in [2.05, 4.69) is 70.7 Å². The first-order valence-corrected chi connectivity index (χ1v) is 8.36. The van der Waals surface area contributed by atoms with Crippen LogP contribution in [0, 0.1) is 6.92 Å². The fourth-order valence-corrected chi connectivity index (χ4v) is 3.82. The molecule has 0 bridgehead atoms. The summed E-state index contributed by atoms with van der Waals surface area (Å²) in [6.07, 6.45) is 0. The van der Waals surface area contributed by atoms with Gasteiger partial charge >= 0.3 is 0 Å². The van der Waals surface area contributed by atoms with E-state index in [1.54, 1.807) is 11.3 Å². The van der Waals surface area contributed by atoms with Crippen LogP contribution in [0.1, 0.15) is 11.1 Å². The van der Waals surface area contributed by atoms with Crippen LogP contribution >= 0.6 is 27.3 Å². The highest BCUT2D eigenvalue weighted by Gasteiger charge is 2.09. The molecule has 21 heavy (non-hydrogen) atoms. The number of nitrogens with zero attached hydrogens (tertiary/aromatic N) is 1. The fourth-order valence-electron chi connectivity index (χ4n) is 2.14. The molecule has 0 aliphatic heterocycles. The van der Waals surface area contributed by atoms with E-state index >= 15 is 0 Å². The lowest BCUT2D eigenvalue weighted by atomic mass is 10.1. The van der Waals surface area contributed by atoms with Gasteiger partial charge in [0.05, 0.1) is 5.69 Å². The van der Waals surface area contributed by atoms with Crippen molar-refractivity contribution in [3.8, 4) is 21.8 Å². The Labute approximate surface area is 136 Å². The Bertz CT molecular complexity index is 763. The van der Waals surface area contributed by atoms with Crippen molar-refractivity contribution in [3.05, 3.63) is 63.4 Å². The first kappa shape index (κ1) is 14.4. The molecule has 0 aliphatic rings. The molecule has 0 aliphatic carbocycles. The molecule has 2 nitrogen and oxygen atoms in total. The van der Waals surface area contributed by atoms with Gasteiger partial charge in [-0.05, 0) is 24.1 Å². The lowest BCUT2D eigenvalue weighted by Crippen LogP contribution is -1.95. The molecule has 0 spiro atoms. The van der Waals surface area contributed by atoms with Crippen molar-refractivity contribution in [1.82, 2.24) is 4.98 Å². The number of aryl methyl sites for hydroxylation is 1. The van der Waals surface area contributed by atoms with Gasteiger partial charge in [0.15, 0.2) is 0 Å². The molecule has 3 rings (SSSR count). The van der Waals surface area contributed by atoms with Gasteiger partial charge in [-0.15, -0.1) is 11.3 Å². The molecule has 4 heteroatoms. The summed E-state index contributed by atoms with van der Waals surface area (Å²) in [7, 11) is 0. The van der Waals surface area contributed by atoms with Gasteiger partial charge in [0.1, 0.15) is 5.01 Å². The van der Waals surface area contributed by atoms with Crippen LogP contribution in [0.4, 0.5) is 0 Å². The molecule has 1 aromatic heterocycles. The van der Waals surface area contributed by atoms with Gasteiger partial charge in [0.25, 0.3) is 0 Å². The number of thiazole rings is 1. The third-order valence-corrected chi connectivity index (χ3v) is 4.88. The van der Waals surface area contributed by atoms with E-state index in [0.717, 1.165) is 31.9 Å². The molecule has 1 heterocycles. The second-order valence-electron chi connectivity index (χ2n) is 4.92. The zero-order valence-electron chi connectivity index (χ0n) is 11.6. The average Bonchev–Trinajstić information content (AvgIpc) is 2.97. The third-order valence-electron chi connectivity index (χ3n) is 3.34. The Hall–Kier alpha value is -1.49. The molecule has 2 N–H and O–H groups in total. The minimum Gasteiger partial charge on any atom is -0.326 e. The SMILES string of the molecule is Cc1ccc(-c2nc(-c3ccc(CN)cc3)cs2)c(Br)c1. The van der Waals surface area contributed by atoms with E-state index in [-0.39, 0.29) is 0 Å². The zero-order chi connectivity index (χ0) is 14.8. The maximum atomic E-state index is 5.63. The van der Waals surface area contributed by atoms with Crippen LogP contribution < -0.4 is 5.73 Å². The van der Waals surface area contributed by atoms with E-state index in [1.807, 2.05) is 0 Å². The van der Waals surface area contributed by atoms with Crippen molar-refractivity contribution in [2.75, 3.05) is 0 Å². The van der Waals surface area contributed by atoms with Crippen molar-refractivity contribution in [3.63, 3.8) is 0 Å². The minimum absolute atomic E-state index is 0.568. The standard InChI is InChI=1S/C17H15BrN2S/c1-11-2-7-14(15(18)8-11)17-20-16(10-21-17)13-5-3-12(9-19)4-6-13/h2-8,10H,9,19H2,1H3. The van der Waals surface area contributed by atoms with Crippen molar-refractivity contribution in [2.24, 2.45) is 5.73 Å². The second kappa shape index (κ2) is 6.10. The van der Waals surface area contributed by atoms with Crippen molar-refractivity contribution in [2.45, 2.75) is 13.5 Å². The Morgan fingerprint density at radius 1 is 1.14 bits per heavy atom. The lowest BCUT2D eigenvalue weighted by molar-refractivity contribution is 1.07. The van der Waals surface area contributed by atoms with Gasteiger partial charge in [-0.1, -0.05) is 52.3 Å². The summed E-state index contributed by atoms with van der Waals surface area (Å²) in [6.45, 7) is 2.65. The molecule has 0 saturated carbocycles. The van der Waals surface area contributed by atoms with Crippen LogP contribution in [0.3, 0.4) is 0 Å². The van der Waals surface area contributed by atoms with Crippen LogP contribution in [0.15, 0.2) is 52.3 Å². The van der Waals surface area contributed by atoms with Crippen molar-refractivity contribution in [1.29, 1.82) is 0 Å². The zero-order valence-corrected chi connectivity index (χ0v) is 14.0. The maximum Gasteiger partial charge on any atom is 0.125 e. The number of benzene rings is 2. The lowest BCUT2D eigenvalue weighted by Gasteiger charge is -2.02. The molecule has 0 atom stereocenters. The molecule has 0 saturated heterocycles. The summed E-state index contributed by atoms with van der Waals surface area (Å²) in [5, 5.41) is 3.12. The topological polar surface area (TPSA) is 38.9 Å². The van der Waals surface area contributed by atoms with E-state index in [0.29, 0.717) is 6.54 Å². The highest BCUT2D eigenvalue weighted by atomic mass is 79.9. The van der Waals surface area contributed by atoms with Gasteiger partial charge < -0.3 is 5.73 Å². The smallest absolute Gasteiger partial charge is 0.125 e. The minimum atomic E-state index is 0.568. The number of hydrogen-bond acceptors (Lipinski definition) is 3. The quantitative estimate of drug-likeness (QED) is 0.714. The molecule has 0 radical (unpaired) electrons.